The zero-order chi connectivity index (χ0) is 4.83. The quantitative estimate of drug-likeness (QED) is 0.292. The van der Waals surface area contributed by atoms with Crippen LogP contribution in [0.5, 0.6) is 0 Å². The first kappa shape index (κ1) is 10.2. The highest BCUT2D eigenvalue weighted by Crippen LogP contribution is 1.87. The monoisotopic (exact) mass is 116 g/mol. The highest BCUT2D eigenvalue weighted by molar-refractivity contribution is 5.75. The molecule has 7 heavy (non-hydrogen) atoms. The van der Waals surface area contributed by atoms with Crippen molar-refractivity contribution in [2.45, 2.75) is 26.2 Å². The molecule has 1 nitrogen and oxygen atoms in total. The molecule has 0 aliphatic heterocycles. The van der Waals surface area contributed by atoms with Gasteiger partial charge in [0, 0.05) is 6.42 Å². The van der Waals surface area contributed by atoms with Crippen molar-refractivity contribution < 1.29 is 4.79 Å². The molecule has 0 amide bonds. The largest absolute Gasteiger partial charge is 0.303 e. The van der Waals surface area contributed by atoms with Crippen LogP contribution in [-0.4, -0.2) is 23.6 Å². The van der Waals surface area contributed by atoms with Crippen LogP contribution in [0.4, 0.5) is 0 Å². The SMILES string of the molecule is CCCCC=O.[AlH3]. The maximum absolute atomic E-state index is 9.56. The summed E-state index contributed by atoms with van der Waals surface area (Å²) in [6.45, 7) is 2.07. The van der Waals surface area contributed by atoms with Gasteiger partial charge in [0.05, 0.1) is 0 Å². The summed E-state index contributed by atoms with van der Waals surface area (Å²) in [5.41, 5.74) is 0. The average Bonchev–Trinajstić information content (AvgIpc) is 1.61. The van der Waals surface area contributed by atoms with E-state index in [2.05, 4.69) is 6.92 Å². The lowest BCUT2D eigenvalue weighted by Gasteiger charge is -1.79. The van der Waals surface area contributed by atoms with E-state index in [1.165, 1.54) is 0 Å². The Kier molecular flexibility index (Phi) is 13.9. The molecular weight excluding hydrogens is 103 g/mol. The molecule has 0 aromatic rings. The predicted molar refractivity (Wildman–Crippen MR) is 35.5 cm³/mol. The van der Waals surface area contributed by atoms with Gasteiger partial charge in [-0.1, -0.05) is 13.3 Å². The van der Waals surface area contributed by atoms with Crippen molar-refractivity contribution in [2.24, 2.45) is 0 Å². The Morgan fingerprint density at radius 1 is 1.57 bits per heavy atom. The van der Waals surface area contributed by atoms with Crippen LogP contribution >= 0.6 is 0 Å². The molecule has 0 heterocycles. The molecule has 42 valence electrons. The van der Waals surface area contributed by atoms with Gasteiger partial charge in [-0.2, -0.15) is 0 Å². The first-order valence-electron chi connectivity index (χ1n) is 2.35. The lowest BCUT2D eigenvalue weighted by atomic mass is 10.3. The number of carbonyl (C=O) groups excluding carboxylic acids is 1. The van der Waals surface area contributed by atoms with Gasteiger partial charge in [-0.05, 0) is 6.42 Å². The summed E-state index contributed by atoms with van der Waals surface area (Å²) >= 11 is 0. The number of hydrogen-bond acceptors (Lipinski definition) is 1. The molecule has 0 rings (SSSR count). The Bertz CT molecular complexity index is 37.1. The summed E-state index contributed by atoms with van der Waals surface area (Å²) in [6, 6.07) is 0. The van der Waals surface area contributed by atoms with Crippen LogP contribution in [0.3, 0.4) is 0 Å². The van der Waals surface area contributed by atoms with E-state index < -0.39 is 0 Å². The highest BCUT2D eigenvalue weighted by atomic mass is 27.0. The maximum Gasteiger partial charge on any atom is 0.187 e. The molecule has 0 bridgehead atoms. The van der Waals surface area contributed by atoms with E-state index in [1.54, 1.807) is 0 Å². The molecule has 0 aromatic heterocycles. The van der Waals surface area contributed by atoms with Gasteiger partial charge in [-0.25, -0.2) is 0 Å². The van der Waals surface area contributed by atoms with E-state index in [9.17, 15) is 4.79 Å². The van der Waals surface area contributed by atoms with E-state index in [1.807, 2.05) is 0 Å². The summed E-state index contributed by atoms with van der Waals surface area (Å²) in [7, 11) is 0. The molecule has 0 aliphatic carbocycles. The van der Waals surface area contributed by atoms with E-state index in [0.717, 1.165) is 25.5 Å². The zero-order valence-corrected chi connectivity index (χ0v) is 4.11. The van der Waals surface area contributed by atoms with Crippen molar-refractivity contribution in [1.29, 1.82) is 0 Å². The number of hydrogen-bond donors (Lipinski definition) is 0. The Balaban J connectivity index is 0. The number of aldehydes is 1. The Morgan fingerprint density at radius 3 is 2.29 bits per heavy atom. The maximum atomic E-state index is 9.56. The van der Waals surface area contributed by atoms with E-state index in [-0.39, 0.29) is 17.4 Å². The molecule has 0 N–H and O–H groups in total. The Hall–Kier alpha value is 0.202. The van der Waals surface area contributed by atoms with E-state index in [0.29, 0.717) is 0 Å². The Labute approximate surface area is 55.2 Å². The zero-order valence-electron chi connectivity index (χ0n) is 4.11. The van der Waals surface area contributed by atoms with Gasteiger partial charge in [0.25, 0.3) is 0 Å². The molecule has 0 aromatic carbocycles. The predicted octanol–water partition coefficient (Wildman–Crippen LogP) is 0.192. The minimum Gasteiger partial charge on any atom is -0.303 e. The van der Waals surface area contributed by atoms with E-state index in [4.69, 9.17) is 0 Å². The topological polar surface area (TPSA) is 17.1 Å². The Morgan fingerprint density at radius 2 is 2.14 bits per heavy atom. The molecule has 0 aliphatic rings. The molecule has 2 heteroatoms. The van der Waals surface area contributed by atoms with Crippen molar-refractivity contribution >= 4 is 23.6 Å². The summed E-state index contributed by atoms with van der Waals surface area (Å²) in [4.78, 5) is 9.56. The lowest BCUT2D eigenvalue weighted by molar-refractivity contribution is -0.107. The van der Waals surface area contributed by atoms with Crippen LogP contribution in [0.15, 0.2) is 0 Å². The van der Waals surface area contributed by atoms with E-state index >= 15 is 0 Å². The minimum absolute atomic E-state index is 0. The molecule has 0 spiro atoms. The van der Waals surface area contributed by atoms with Gasteiger partial charge in [-0.3, -0.25) is 0 Å². The van der Waals surface area contributed by atoms with Crippen molar-refractivity contribution in [1.82, 2.24) is 0 Å². The van der Waals surface area contributed by atoms with Gasteiger partial charge in [0.15, 0.2) is 17.4 Å². The fourth-order valence-electron chi connectivity index (χ4n) is 0.287. The number of carbonyl (C=O) groups is 1. The van der Waals surface area contributed by atoms with Crippen LogP contribution in [-0.2, 0) is 4.79 Å². The molecule has 0 saturated heterocycles. The normalized spacial score (nSPS) is 7.00. The van der Waals surface area contributed by atoms with Crippen LogP contribution in [0.1, 0.15) is 26.2 Å². The van der Waals surface area contributed by atoms with Gasteiger partial charge < -0.3 is 4.79 Å². The smallest absolute Gasteiger partial charge is 0.187 e. The van der Waals surface area contributed by atoms with Crippen molar-refractivity contribution in [3.63, 3.8) is 0 Å². The third-order valence-electron chi connectivity index (χ3n) is 0.676. The molecule has 0 atom stereocenters. The lowest BCUT2D eigenvalue weighted by Crippen LogP contribution is -1.70. The molecule has 0 radical (unpaired) electrons. The first-order valence-corrected chi connectivity index (χ1v) is 2.35. The van der Waals surface area contributed by atoms with Crippen molar-refractivity contribution in [3.05, 3.63) is 0 Å². The number of rotatable bonds is 3. The van der Waals surface area contributed by atoms with Crippen LogP contribution < -0.4 is 0 Å². The standard InChI is InChI=1S/C5H10O.Al.3H/c1-2-3-4-5-6;;;;/h5H,2-4H2,1H3;;;;. The summed E-state index contributed by atoms with van der Waals surface area (Å²) in [5.74, 6) is 0. The first-order chi connectivity index (χ1) is 2.91. The van der Waals surface area contributed by atoms with Crippen molar-refractivity contribution in [3.8, 4) is 0 Å². The van der Waals surface area contributed by atoms with Gasteiger partial charge in [0.2, 0.25) is 0 Å². The third-order valence-corrected chi connectivity index (χ3v) is 0.676. The van der Waals surface area contributed by atoms with Crippen molar-refractivity contribution in [2.75, 3.05) is 0 Å². The van der Waals surface area contributed by atoms with Crippen LogP contribution in [0.25, 0.3) is 0 Å². The molecule has 0 fully saturated rings. The van der Waals surface area contributed by atoms with Gasteiger partial charge >= 0.3 is 0 Å². The number of unbranched alkanes of at least 4 members (excludes halogenated alkanes) is 2. The third kappa shape index (κ3) is 10.7. The fraction of sp³-hybridized carbons (Fsp3) is 0.800. The second-order valence-electron chi connectivity index (χ2n) is 1.31. The van der Waals surface area contributed by atoms with Gasteiger partial charge in [-0.15, -0.1) is 0 Å². The summed E-state index contributed by atoms with van der Waals surface area (Å²) < 4.78 is 0. The van der Waals surface area contributed by atoms with Gasteiger partial charge in [0.1, 0.15) is 6.29 Å². The highest BCUT2D eigenvalue weighted by Gasteiger charge is 1.74. The molecule has 0 saturated carbocycles. The second-order valence-corrected chi connectivity index (χ2v) is 1.31. The fourth-order valence-corrected chi connectivity index (χ4v) is 0.287. The second kappa shape index (κ2) is 9.51. The minimum atomic E-state index is 0. The molecular formula is C5H13AlO. The van der Waals surface area contributed by atoms with Crippen LogP contribution in [0, 0.1) is 0 Å². The average molecular weight is 116 g/mol. The summed E-state index contributed by atoms with van der Waals surface area (Å²) in [6.07, 6.45) is 3.86. The van der Waals surface area contributed by atoms with Crippen LogP contribution in [0.2, 0.25) is 0 Å². The summed E-state index contributed by atoms with van der Waals surface area (Å²) in [5, 5.41) is 0. The molecule has 0 unspecified atom stereocenters.